The van der Waals surface area contributed by atoms with Gasteiger partial charge in [0.25, 0.3) is 0 Å². The van der Waals surface area contributed by atoms with Crippen LogP contribution in [-0.4, -0.2) is 35.5 Å². The molecule has 1 aromatic carbocycles. The summed E-state index contributed by atoms with van der Waals surface area (Å²) in [6.07, 6.45) is -0.684. The summed E-state index contributed by atoms with van der Waals surface area (Å²) >= 11 is 0. The van der Waals surface area contributed by atoms with Gasteiger partial charge in [0.1, 0.15) is 12.2 Å². The first-order valence-electron chi connectivity index (χ1n) is 6.54. The number of methoxy groups -OCH3 is 1. The maximum Gasteiger partial charge on any atom is 0.309 e. The number of aliphatic hydroxyl groups is 1. The SMILES string of the molecule is COc1cc(F)c(F)cc1OC1CCC[C@H](C(=O)O)[C@H]1O. The second kappa shape index (κ2) is 6.26. The fourth-order valence-corrected chi connectivity index (χ4v) is 2.46. The number of hydrogen-bond acceptors (Lipinski definition) is 4. The number of carbonyl (C=O) groups is 1. The molecule has 1 aromatic rings. The van der Waals surface area contributed by atoms with Crippen molar-refractivity contribution in [3.05, 3.63) is 23.8 Å². The summed E-state index contributed by atoms with van der Waals surface area (Å²) in [5, 5.41) is 19.1. The molecule has 0 saturated heterocycles. The lowest BCUT2D eigenvalue weighted by Crippen LogP contribution is -2.44. The summed E-state index contributed by atoms with van der Waals surface area (Å²) < 4.78 is 36.8. The summed E-state index contributed by atoms with van der Waals surface area (Å²) in [7, 11) is 1.27. The van der Waals surface area contributed by atoms with Crippen LogP contribution in [0.1, 0.15) is 19.3 Å². The minimum Gasteiger partial charge on any atom is -0.493 e. The van der Waals surface area contributed by atoms with Crippen molar-refractivity contribution in [1.82, 2.24) is 0 Å². The van der Waals surface area contributed by atoms with Crippen molar-refractivity contribution in [3.63, 3.8) is 0 Å². The first-order chi connectivity index (χ1) is 9.93. The third-order valence-electron chi connectivity index (χ3n) is 3.60. The Kier molecular flexibility index (Phi) is 4.62. The van der Waals surface area contributed by atoms with Crippen molar-refractivity contribution in [1.29, 1.82) is 0 Å². The first-order valence-corrected chi connectivity index (χ1v) is 6.54. The normalized spacial score (nSPS) is 25.4. The second-order valence-electron chi connectivity index (χ2n) is 4.94. The van der Waals surface area contributed by atoms with E-state index in [1.54, 1.807) is 0 Å². The molecule has 1 fully saturated rings. The zero-order chi connectivity index (χ0) is 15.6. The molecule has 1 saturated carbocycles. The van der Waals surface area contributed by atoms with Crippen LogP contribution in [0.3, 0.4) is 0 Å². The summed E-state index contributed by atoms with van der Waals surface area (Å²) in [6, 6.07) is 1.67. The van der Waals surface area contributed by atoms with Crippen LogP contribution in [0, 0.1) is 17.6 Å². The molecule has 0 aliphatic heterocycles. The predicted molar refractivity (Wildman–Crippen MR) is 68.3 cm³/mol. The Morgan fingerprint density at radius 2 is 1.86 bits per heavy atom. The van der Waals surface area contributed by atoms with Gasteiger partial charge in [0.15, 0.2) is 23.1 Å². The minimum absolute atomic E-state index is 0.0152. The highest BCUT2D eigenvalue weighted by Crippen LogP contribution is 2.34. The van der Waals surface area contributed by atoms with Crippen molar-refractivity contribution in [2.75, 3.05) is 7.11 Å². The monoisotopic (exact) mass is 302 g/mol. The van der Waals surface area contributed by atoms with Gasteiger partial charge in [-0.25, -0.2) is 8.78 Å². The van der Waals surface area contributed by atoms with Gasteiger partial charge in [0.2, 0.25) is 0 Å². The van der Waals surface area contributed by atoms with Crippen LogP contribution in [0.2, 0.25) is 0 Å². The van der Waals surface area contributed by atoms with E-state index >= 15 is 0 Å². The third kappa shape index (κ3) is 3.24. The highest BCUT2D eigenvalue weighted by Gasteiger charge is 2.38. The van der Waals surface area contributed by atoms with Gasteiger partial charge in [0, 0.05) is 12.1 Å². The molecule has 21 heavy (non-hydrogen) atoms. The van der Waals surface area contributed by atoms with Gasteiger partial charge < -0.3 is 19.7 Å². The van der Waals surface area contributed by atoms with Crippen LogP contribution in [0.4, 0.5) is 8.78 Å². The number of rotatable bonds is 4. The Labute approximate surface area is 120 Å². The van der Waals surface area contributed by atoms with E-state index in [4.69, 9.17) is 14.6 Å². The topological polar surface area (TPSA) is 76.0 Å². The van der Waals surface area contributed by atoms with Crippen molar-refractivity contribution in [2.24, 2.45) is 5.92 Å². The number of ether oxygens (including phenoxy) is 2. The molecule has 2 rings (SSSR count). The van der Waals surface area contributed by atoms with E-state index in [0.29, 0.717) is 19.3 Å². The lowest BCUT2D eigenvalue weighted by atomic mass is 9.84. The maximum absolute atomic E-state index is 13.3. The molecule has 1 aliphatic rings. The number of halogens is 2. The molecule has 116 valence electrons. The summed E-state index contributed by atoms with van der Waals surface area (Å²) in [5.74, 6) is -4.30. The molecule has 1 unspecified atom stereocenters. The third-order valence-corrected chi connectivity index (χ3v) is 3.60. The molecular weight excluding hydrogens is 286 g/mol. The van der Waals surface area contributed by atoms with E-state index < -0.39 is 35.7 Å². The number of carboxylic acids is 1. The number of benzene rings is 1. The van der Waals surface area contributed by atoms with Gasteiger partial charge >= 0.3 is 5.97 Å². The molecule has 0 amide bonds. The van der Waals surface area contributed by atoms with Crippen LogP contribution in [0.25, 0.3) is 0 Å². The van der Waals surface area contributed by atoms with Gasteiger partial charge in [-0.15, -0.1) is 0 Å². The van der Waals surface area contributed by atoms with Crippen molar-refractivity contribution >= 4 is 5.97 Å². The van der Waals surface area contributed by atoms with Crippen molar-refractivity contribution < 1.29 is 33.3 Å². The summed E-state index contributed by atoms with van der Waals surface area (Å²) in [4.78, 5) is 11.0. The molecule has 5 nitrogen and oxygen atoms in total. The molecule has 3 atom stereocenters. The zero-order valence-corrected chi connectivity index (χ0v) is 11.4. The number of aliphatic hydroxyl groups excluding tert-OH is 1. The Morgan fingerprint density at radius 1 is 1.24 bits per heavy atom. The molecule has 0 spiro atoms. The van der Waals surface area contributed by atoms with E-state index in [9.17, 15) is 18.7 Å². The van der Waals surface area contributed by atoms with Crippen LogP contribution in [-0.2, 0) is 4.79 Å². The smallest absolute Gasteiger partial charge is 0.309 e. The lowest BCUT2D eigenvalue weighted by Gasteiger charge is -2.32. The van der Waals surface area contributed by atoms with Gasteiger partial charge in [0.05, 0.1) is 13.0 Å². The van der Waals surface area contributed by atoms with Crippen LogP contribution in [0.15, 0.2) is 12.1 Å². The largest absolute Gasteiger partial charge is 0.493 e. The standard InChI is InChI=1S/C14H16F2O5/c1-20-11-5-8(15)9(16)6-12(11)21-10-4-2-3-7(13(10)17)14(18)19/h5-7,10,13,17H,2-4H2,1H3,(H,18,19)/t7-,10?,13+/m0/s1. The molecule has 7 heteroatoms. The molecule has 1 aliphatic carbocycles. The number of aliphatic carboxylic acids is 1. The van der Waals surface area contributed by atoms with Gasteiger partial charge in [-0.05, 0) is 19.3 Å². The Bertz CT molecular complexity index is 534. The molecule has 0 aromatic heterocycles. The Morgan fingerprint density at radius 3 is 2.43 bits per heavy atom. The molecule has 0 bridgehead atoms. The quantitative estimate of drug-likeness (QED) is 0.889. The highest BCUT2D eigenvalue weighted by molar-refractivity contribution is 5.71. The molecule has 0 heterocycles. The molecule has 0 radical (unpaired) electrons. The fourth-order valence-electron chi connectivity index (χ4n) is 2.46. The van der Waals surface area contributed by atoms with E-state index in [1.807, 2.05) is 0 Å². The maximum atomic E-state index is 13.3. The van der Waals surface area contributed by atoms with Gasteiger partial charge in [-0.2, -0.15) is 0 Å². The van der Waals surface area contributed by atoms with E-state index in [-0.39, 0.29) is 11.5 Å². The van der Waals surface area contributed by atoms with Gasteiger partial charge in [-0.1, -0.05) is 0 Å². The first kappa shape index (κ1) is 15.5. The van der Waals surface area contributed by atoms with Crippen LogP contribution in [0.5, 0.6) is 11.5 Å². The van der Waals surface area contributed by atoms with Crippen LogP contribution >= 0.6 is 0 Å². The Balaban J connectivity index is 2.21. The average molecular weight is 302 g/mol. The number of carboxylic acid groups (broad SMARTS) is 1. The van der Waals surface area contributed by atoms with E-state index in [0.717, 1.165) is 12.1 Å². The lowest BCUT2D eigenvalue weighted by molar-refractivity contribution is -0.151. The highest BCUT2D eigenvalue weighted by atomic mass is 19.2. The molecule has 2 N–H and O–H groups in total. The zero-order valence-electron chi connectivity index (χ0n) is 11.4. The minimum atomic E-state index is -1.21. The summed E-state index contributed by atoms with van der Waals surface area (Å²) in [5.41, 5.74) is 0. The van der Waals surface area contributed by atoms with Crippen LogP contribution < -0.4 is 9.47 Å². The average Bonchev–Trinajstić information content (AvgIpc) is 2.44. The summed E-state index contributed by atoms with van der Waals surface area (Å²) in [6.45, 7) is 0. The predicted octanol–water partition coefficient (Wildman–Crippen LogP) is 1.97. The van der Waals surface area contributed by atoms with Crippen molar-refractivity contribution in [3.8, 4) is 11.5 Å². The van der Waals surface area contributed by atoms with Gasteiger partial charge in [-0.3, -0.25) is 4.79 Å². The fraction of sp³-hybridized carbons (Fsp3) is 0.500. The van der Waals surface area contributed by atoms with E-state index in [2.05, 4.69) is 0 Å². The Hall–Kier alpha value is -1.89. The second-order valence-corrected chi connectivity index (χ2v) is 4.94. The van der Waals surface area contributed by atoms with Crippen molar-refractivity contribution in [2.45, 2.75) is 31.5 Å². The van der Waals surface area contributed by atoms with E-state index in [1.165, 1.54) is 7.11 Å². The molecular formula is C14H16F2O5. The number of hydrogen-bond donors (Lipinski definition) is 2.